The SMILES string of the molecule is Cc1ccc(F)c(Nc2ccc(Oc3ccnc(-c4cc(C(=O)N5CCN(CC=O)CC5)c[nH]4)c3)cc2F)c1. The number of nitrogens with zero attached hydrogens (tertiary/aromatic N) is 3. The second-order valence-electron chi connectivity index (χ2n) is 9.29. The smallest absolute Gasteiger partial charge is 0.255 e. The first-order chi connectivity index (χ1) is 18.9. The molecule has 2 aromatic heterocycles. The van der Waals surface area contributed by atoms with Crippen molar-refractivity contribution < 1.29 is 23.1 Å². The lowest BCUT2D eigenvalue weighted by atomic mass is 10.2. The van der Waals surface area contributed by atoms with E-state index in [4.69, 9.17) is 4.74 Å². The third-order valence-electron chi connectivity index (χ3n) is 6.50. The molecule has 2 N–H and O–H groups in total. The van der Waals surface area contributed by atoms with E-state index in [1.54, 1.807) is 53.7 Å². The van der Waals surface area contributed by atoms with Gasteiger partial charge in [0.2, 0.25) is 0 Å². The maximum Gasteiger partial charge on any atom is 0.255 e. The monoisotopic (exact) mass is 531 g/mol. The number of aromatic nitrogens is 2. The Morgan fingerprint density at radius 1 is 1.00 bits per heavy atom. The molecule has 0 aliphatic carbocycles. The number of halogens is 2. The van der Waals surface area contributed by atoms with Crippen molar-refractivity contribution in [2.45, 2.75) is 6.92 Å². The number of anilines is 2. The van der Waals surface area contributed by atoms with Gasteiger partial charge >= 0.3 is 0 Å². The fraction of sp³-hybridized carbons (Fsp3) is 0.207. The van der Waals surface area contributed by atoms with E-state index < -0.39 is 11.6 Å². The van der Waals surface area contributed by atoms with Crippen molar-refractivity contribution in [3.05, 3.63) is 89.8 Å². The fourth-order valence-corrected chi connectivity index (χ4v) is 4.39. The summed E-state index contributed by atoms with van der Waals surface area (Å²) in [5.74, 6) is -0.474. The number of piperazine rings is 1. The van der Waals surface area contributed by atoms with Crippen LogP contribution in [0, 0.1) is 18.6 Å². The largest absolute Gasteiger partial charge is 0.457 e. The van der Waals surface area contributed by atoms with E-state index in [1.807, 2.05) is 11.8 Å². The molecule has 1 amide bonds. The number of aromatic amines is 1. The summed E-state index contributed by atoms with van der Waals surface area (Å²) in [7, 11) is 0. The lowest BCUT2D eigenvalue weighted by Crippen LogP contribution is -2.49. The number of hydrogen-bond donors (Lipinski definition) is 2. The van der Waals surface area contributed by atoms with Gasteiger partial charge < -0.3 is 24.7 Å². The van der Waals surface area contributed by atoms with Crippen molar-refractivity contribution in [3.8, 4) is 22.9 Å². The molecule has 0 spiro atoms. The fourth-order valence-electron chi connectivity index (χ4n) is 4.39. The summed E-state index contributed by atoms with van der Waals surface area (Å²) in [4.78, 5) is 34.9. The minimum atomic E-state index is -0.595. The quantitative estimate of drug-likeness (QED) is 0.306. The zero-order valence-electron chi connectivity index (χ0n) is 21.3. The Kier molecular flexibility index (Phi) is 7.64. The molecule has 39 heavy (non-hydrogen) atoms. The molecule has 10 heteroatoms. The maximum absolute atomic E-state index is 14.8. The molecular weight excluding hydrogens is 504 g/mol. The lowest BCUT2D eigenvalue weighted by molar-refractivity contribution is -0.109. The van der Waals surface area contributed by atoms with Crippen LogP contribution in [0.15, 0.2) is 67.0 Å². The third-order valence-corrected chi connectivity index (χ3v) is 6.50. The predicted octanol–water partition coefficient (Wildman–Crippen LogP) is 5.16. The van der Waals surface area contributed by atoms with E-state index in [-0.39, 0.29) is 23.0 Å². The number of carbonyl (C=O) groups excluding carboxylic acids is 2. The Morgan fingerprint density at radius 2 is 1.79 bits per heavy atom. The Labute approximate surface area is 224 Å². The van der Waals surface area contributed by atoms with Crippen molar-refractivity contribution in [2.24, 2.45) is 0 Å². The minimum absolute atomic E-state index is 0.0922. The first-order valence-corrected chi connectivity index (χ1v) is 12.5. The van der Waals surface area contributed by atoms with Gasteiger partial charge in [-0.25, -0.2) is 8.78 Å². The highest BCUT2D eigenvalue weighted by Gasteiger charge is 2.23. The van der Waals surface area contributed by atoms with E-state index in [2.05, 4.69) is 15.3 Å². The average molecular weight is 532 g/mol. The van der Waals surface area contributed by atoms with E-state index in [1.165, 1.54) is 18.2 Å². The molecule has 0 saturated carbocycles. The van der Waals surface area contributed by atoms with Crippen molar-refractivity contribution in [2.75, 3.05) is 38.0 Å². The van der Waals surface area contributed by atoms with E-state index in [0.717, 1.165) is 11.8 Å². The molecular formula is C29H27F2N5O3. The van der Waals surface area contributed by atoms with Crippen LogP contribution in [0.3, 0.4) is 0 Å². The number of pyridine rings is 1. The van der Waals surface area contributed by atoms with Crippen LogP contribution in [0.1, 0.15) is 15.9 Å². The molecule has 0 atom stereocenters. The summed E-state index contributed by atoms with van der Waals surface area (Å²) in [5.41, 5.74) is 2.85. The van der Waals surface area contributed by atoms with Gasteiger partial charge in [0.05, 0.1) is 34.9 Å². The van der Waals surface area contributed by atoms with E-state index in [9.17, 15) is 18.4 Å². The Bertz CT molecular complexity index is 1500. The number of amides is 1. The molecule has 0 unspecified atom stereocenters. The summed E-state index contributed by atoms with van der Waals surface area (Å²) in [6.45, 7) is 4.62. The molecule has 1 fully saturated rings. The number of nitrogens with one attached hydrogen (secondary N) is 2. The second-order valence-corrected chi connectivity index (χ2v) is 9.29. The molecule has 8 nitrogen and oxygen atoms in total. The third kappa shape index (κ3) is 6.12. The van der Waals surface area contributed by atoms with E-state index >= 15 is 0 Å². The normalized spacial score (nSPS) is 13.8. The van der Waals surface area contributed by atoms with Gasteiger partial charge in [-0.2, -0.15) is 0 Å². The van der Waals surface area contributed by atoms with Crippen molar-refractivity contribution in [3.63, 3.8) is 0 Å². The predicted molar refractivity (Wildman–Crippen MR) is 143 cm³/mol. The summed E-state index contributed by atoms with van der Waals surface area (Å²) in [6.07, 6.45) is 4.08. The molecule has 5 rings (SSSR count). The summed E-state index contributed by atoms with van der Waals surface area (Å²) >= 11 is 0. The highest BCUT2D eigenvalue weighted by Crippen LogP contribution is 2.30. The van der Waals surface area contributed by atoms with Crippen LogP contribution in [-0.4, -0.2) is 64.7 Å². The first kappa shape index (κ1) is 26.1. The highest BCUT2D eigenvalue weighted by molar-refractivity contribution is 5.95. The molecule has 0 radical (unpaired) electrons. The first-order valence-electron chi connectivity index (χ1n) is 12.5. The van der Waals surface area contributed by atoms with Crippen molar-refractivity contribution in [1.82, 2.24) is 19.8 Å². The molecule has 1 saturated heterocycles. The van der Waals surface area contributed by atoms with Crippen LogP contribution in [0.2, 0.25) is 0 Å². The van der Waals surface area contributed by atoms with Crippen LogP contribution in [0.25, 0.3) is 11.4 Å². The van der Waals surface area contributed by atoms with Gasteiger partial charge in [0.25, 0.3) is 5.91 Å². The number of benzene rings is 2. The number of rotatable bonds is 8. The number of H-pyrrole nitrogens is 1. The standard InChI is InChI=1S/C29H27F2N5O3/c1-19-2-4-23(30)26(14-19)34-25-5-3-21(16-24(25)31)39-22-6-7-32-28(17-22)27-15-20(18-33-27)29(38)36-10-8-35(9-11-36)12-13-37/h2-7,13-18,33-34H,8-12H2,1H3. The molecule has 200 valence electrons. The van der Waals surface area contributed by atoms with E-state index in [0.29, 0.717) is 55.4 Å². The molecule has 3 heterocycles. The van der Waals surface area contributed by atoms with Gasteiger partial charge in [-0.1, -0.05) is 6.07 Å². The molecule has 4 aromatic rings. The number of carbonyl (C=O) groups is 2. The minimum Gasteiger partial charge on any atom is -0.457 e. The molecule has 1 aliphatic heterocycles. The Hall–Kier alpha value is -4.57. The van der Waals surface area contributed by atoms with Crippen LogP contribution < -0.4 is 10.1 Å². The lowest BCUT2D eigenvalue weighted by Gasteiger charge is -2.33. The van der Waals surface area contributed by atoms with Gasteiger partial charge in [-0.3, -0.25) is 14.7 Å². The number of hydrogen-bond acceptors (Lipinski definition) is 6. The number of aldehydes is 1. The van der Waals surface area contributed by atoms with Crippen LogP contribution in [0.4, 0.5) is 20.2 Å². The Balaban J connectivity index is 1.25. The zero-order valence-corrected chi connectivity index (χ0v) is 21.3. The highest BCUT2D eigenvalue weighted by atomic mass is 19.1. The molecule has 1 aliphatic rings. The van der Waals surface area contributed by atoms with Crippen LogP contribution >= 0.6 is 0 Å². The van der Waals surface area contributed by atoms with Gasteiger partial charge in [-0.05, 0) is 48.9 Å². The summed E-state index contributed by atoms with van der Waals surface area (Å²) in [5, 5.41) is 2.78. The molecule has 2 aromatic carbocycles. The second kappa shape index (κ2) is 11.4. The Morgan fingerprint density at radius 3 is 2.56 bits per heavy atom. The van der Waals surface area contributed by atoms with Gasteiger partial charge in [0.1, 0.15) is 29.4 Å². The van der Waals surface area contributed by atoms with Gasteiger partial charge in [0.15, 0.2) is 0 Å². The van der Waals surface area contributed by atoms with Crippen molar-refractivity contribution in [1.29, 1.82) is 0 Å². The summed E-state index contributed by atoms with van der Waals surface area (Å²) < 4.78 is 34.7. The van der Waals surface area contributed by atoms with Crippen molar-refractivity contribution >= 4 is 23.6 Å². The van der Waals surface area contributed by atoms with Crippen LogP contribution in [0.5, 0.6) is 11.5 Å². The topological polar surface area (TPSA) is 90.6 Å². The zero-order chi connectivity index (χ0) is 27.4. The van der Waals surface area contributed by atoms with Gasteiger partial charge in [-0.15, -0.1) is 0 Å². The van der Waals surface area contributed by atoms with Gasteiger partial charge in [0, 0.05) is 50.7 Å². The van der Waals surface area contributed by atoms with Crippen LogP contribution in [-0.2, 0) is 4.79 Å². The molecule has 0 bridgehead atoms. The number of ether oxygens (including phenoxy) is 1. The summed E-state index contributed by atoms with van der Waals surface area (Å²) in [6, 6.07) is 13.9. The maximum atomic E-state index is 14.8. The average Bonchev–Trinajstić information content (AvgIpc) is 3.43. The number of aryl methyl sites for hydroxylation is 1.